The Kier molecular flexibility index (Phi) is 7.57. The van der Waals surface area contributed by atoms with Gasteiger partial charge in [-0.3, -0.25) is 4.90 Å². The summed E-state index contributed by atoms with van der Waals surface area (Å²) in [6, 6.07) is 9.94. The Bertz CT molecular complexity index is 367. The first kappa shape index (κ1) is 17.5. The lowest BCUT2D eigenvalue weighted by Gasteiger charge is -2.31. The van der Waals surface area contributed by atoms with Gasteiger partial charge in [-0.05, 0) is 56.4 Å². The zero-order valence-electron chi connectivity index (χ0n) is 13.1. The molecule has 0 atom stereocenters. The van der Waals surface area contributed by atoms with Crippen LogP contribution in [0.5, 0.6) is 0 Å². The first-order valence-electron chi connectivity index (χ1n) is 7.65. The molecule has 1 heterocycles. The highest BCUT2D eigenvalue weighted by atomic mass is 35.5. The molecule has 0 aromatic heterocycles. The Morgan fingerprint density at radius 2 is 1.65 bits per heavy atom. The van der Waals surface area contributed by atoms with Gasteiger partial charge in [-0.15, -0.1) is 12.4 Å². The normalized spacial score (nSPS) is 17.2. The van der Waals surface area contributed by atoms with E-state index in [-0.39, 0.29) is 12.4 Å². The van der Waals surface area contributed by atoms with Crippen LogP contribution >= 0.6 is 12.4 Å². The largest absolute Gasteiger partial charge is 0.317 e. The van der Waals surface area contributed by atoms with Crippen molar-refractivity contribution in [2.75, 3.05) is 20.1 Å². The molecule has 2 rings (SSSR count). The summed E-state index contributed by atoms with van der Waals surface area (Å²) in [5, 5.41) is 3.39. The topological polar surface area (TPSA) is 15.3 Å². The lowest BCUT2D eigenvalue weighted by atomic mass is 10.0. The SMILES string of the molecule is CNC1CCN(Cc2ccc(CC(C)C)cc2)CC1.Cl. The summed E-state index contributed by atoms with van der Waals surface area (Å²) in [7, 11) is 2.08. The molecule has 0 amide bonds. The van der Waals surface area contributed by atoms with E-state index in [0.717, 1.165) is 18.5 Å². The van der Waals surface area contributed by atoms with Gasteiger partial charge in [-0.25, -0.2) is 0 Å². The molecule has 1 fully saturated rings. The first-order valence-corrected chi connectivity index (χ1v) is 7.65. The Hall–Kier alpha value is -0.570. The third-order valence-corrected chi connectivity index (χ3v) is 4.07. The fourth-order valence-electron chi connectivity index (χ4n) is 2.89. The second-order valence-electron chi connectivity index (χ2n) is 6.25. The summed E-state index contributed by atoms with van der Waals surface area (Å²) in [6.07, 6.45) is 3.75. The number of piperidine rings is 1. The first-order chi connectivity index (χ1) is 9.17. The van der Waals surface area contributed by atoms with E-state index in [2.05, 4.69) is 55.4 Å². The Labute approximate surface area is 130 Å². The minimum absolute atomic E-state index is 0. The standard InChI is InChI=1S/C17H28N2.ClH/c1-14(2)12-15-4-6-16(7-5-15)13-19-10-8-17(18-3)9-11-19;/h4-7,14,17-18H,8-13H2,1-3H3;1H. The fourth-order valence-corrected chi connectivity index (χ4v) is 2.89. The monoisotopic (exact) mass is 296 g/mol. The van der Waals surface area contributed by atoms with Gasteiger partial charge in [0.15, 0.2) is 0 Å². The Morgan fingerprint density at radius 3 is 2.15 bits per heavy atom. The van der Waals surface area contributed by atoms with Gasteiger partial charge in [-0.2, -0.15) is 0 Å². The molecule has 1 aliphatic rings. The van der Waals surface area contributed by atoms with Crippen molar-refractivity contribution in [3.63, 3.8) is 0 Å². The molecule has 1 saturated heterocycles. The van der Waals surface area contributed by atoms with E-state index < -0.39 is 0 Å². The lowest BCUT2D eigenvalue weighted by molar-refractivity contribution is 0.194. The zero-order valence-corrected chi connectivity index (χ0v) is 13.9. The third kappa shape index (κ3) is 5.43. The maximum atomic E-state index is 3.39. The van der Waals surface area contributed by atoms with Gasteiger partial charge in [0.2, 0.25) is 0 Å². The van der Waals surface area contributed by atoms with Crippen molar-refractivity contribution in [2.45, 2.75) is 45.7 Å². The predicted octanol–water partition coefficient (Wildman–Crippen LogP) is 3.49. The van der Waals surface area contributed by atoms with Crippen LogP contribution in [0.2, 0.25) is 0 Å². The molecule has 0 saturated carbocycles. The summed E-state index contributed by atoms with van der Waals surface area (Å²) < 4.78 is 0. The van der Waals surface area contributed by atoms with Crippen LogP contribution in [-0.4, -0.2) is 31.1 Å². The summed E-state index contributed by atoms with van der Waals surface area (Å²) in [6.45, 7) is 8.11. The van der Waals surface area contributed by atoms with E-state index in [4.69, 9.17) is 0 Å². The van der Waals surface area contributed by atoms with Crippen molar-refractivity contribution < 1.29 is 0 Å². The molecule has 1 aromatic carbocycles. The highest BCUT2D eigenvalue weighted by molar-refractivity contribution is 5.85. The highest BCUT2D eigenvalue weighted by Crippen LogP contribution is 2.15. The molecule has 20 heavy (non-hydrogen) atoms. The molecule has 1 N–H and O–H groups in total. The van der Waals surface area contributed by atoms with E-state index in [1.54, 1.807) is 0 Å². The van der Waals surface area contributed by atoms with E-state index in [1.807, 2.05) is 0 Å². The molecule has 114 valence electrons. The summed E-state index contributed by atoms with van der Waals surface area (Å²) in [4.78, 5) is 2.57. The van der Waals surface area contributed by atoms with Gasteiger partial charge in [0, 0.05) is 12.6 Å². The van der Waals surface area contributed by atoms with Crippen molar-refractivity contribution in [1.29, 1.82) is 0 Å². The van der Waals surface area contributed by atoms with Crippen molar-refractivity contribution in [3.05, 3.63) is 35.4 Å². The van der Waals surface area contributed by atoms with Crippen LogP contribution in [0.4, 0.5) is 0 Å². The fraction of sp³-hybridized carbons (Fsp3) is 0.647. The molecular formula is C17H29ClN2. The van der Waals surface area contributed by atoms with Crippen LogP contribution in [-0.2, 0) is 13.0 Å². The maximum Gasteiger partial charge on any atom is 0.0233 e. The quantitative estimate of drug-likeness (QED) is 0.895. The van der Waals surface area contributed by atoms with Crippen molar-refractivity contribution in [3.8, 4) is 0 Å². The number of rotatable bonds is 5. The van der Waals surface area contributed by atoms with Gasteiger partial charge in [0.25, 0.3) is 0 Å². The summed E-state index contributed by atoms with van der Waals surface area (Å²) in [5.74, 6) is 0.742. The molecule has 3 heteroatoms. The van der Waals surface area contributed by atoms with E-state index in [1.165, 1.54) is 43.5 Å². The van der Waals surface area contributed by atoms with Crippen molar-refractivity contribution in [2.24, 2.45) is 5.92 Å². The van der Waals surface area contributed by atoms with Crippen LogP contribution in [0, 0.1) is 5.92 Å². The Balaban J connectivity index is 0.00000200. The van der Waals surface area contributed by atoms with E-state index in [0.29, 0.717) is 0 Å². The van der Waals surface area contributed by atoms with Gasteiger partial charge in [-0.1, -0.05) is 38.1 Å². The molecular weight excluding hydrogens is 268 g/mol. The van der Waals surface area contributed by atoms with Gasteiger partial charge >= 0.3 is 0 Å². The Morgan fingerprint density at radius 1 is 1.10 bits per heavy atom. The minimum Gasteiger partial charge on any atom is -0.317 e. The van der Waals surface area contributed by atoms with Crippen LogP contribution in [0.1, 0.15) is 37.8 Å². The second kappa shape index (κ2) is 8.66. The average molecular weight is 297 g/mol. The molecule has 0 spiro atoms. The third-order valence-electron chi connectivity index (χ3n) is 4.07. The zero-order chi connectivity index (χ0) is 13.7. The molecule has 0 aliphatic carbocycles. The van der Waals surface area contributed by atoms with Crippen LogP contribution in [0.3, 0.4) is 0 Å². The summed E-state index contributed by atoms with van der Waals surface area (Å²) in [5.41, 5.74) is 2.92. The van der Waals surface area contributed by atoms with Crippen molar-refractivity contribution >= 4 is 12.4 Å². The maximum absolute atomic E-state index is 3.39. The second-order valence-corrected chi connectivity index (χ2v) is 6.25. The molecule has 2 nitrogen and oxygen atoms in total. The van der Waals surface area contributed by atoms with Crippen molar-refractivity contribution in [1.82, 2.24) is 10.2 Å². The number of hydrogen-bond donors (Lipinski definition) is 1. The average Bonchev–Trinajstić information content (AvgIpc) is 2.41. The number of nitrogens with one attached hydrogen (secondary N) is 1. The minimum atomic E-state index is 0. The van der Waals surface area contributed by atoms with E-state index in [9.17, 15) is 0 Å². The molecule has 0 radical (unpaired) electrons. The van der Waals surface area contributed by atoms with Crippen LogP contribution in [0.15, 0.2) is 24.3 Å². The molecule has 1 aromatic rings. The molecule has 1 aliphatic heterocycles. The predicted molar refractivity (Wildman–Crippen MR) is 89.6 cm³/mol. The van der Waals surface area contributed by atoms with Gasteiger partial charge in [0.05, 0.1) is 0 Å². The van der Waals surface area contributed by atoms with Gasteiger partial charge in [0.1, 0.15) is 0 Å². The highest BCUT2D eigenvalue weighted by Gasteiger charge is 2.17. The summed E-state index contributed by atoms with van der Waals surface area (Å²) >= 11 is 0. The van der Waals surface area contributed by atoms with Crippen LogP contribution in [0.25, 0.3) is 0 Å². The van der Waals surface area contributed by atoms with Crippen LogP contribution < -0.4 is 5.32 Å². The number of nitrogens with zero attached hydrogens (tertiary/aromatic N) is 1. The lowest BCUT2D eigenvalue weighted by Crippen LogP contribution is -2.40. The number of hydrogen-bond acceptors (Lipinski definition) is 2. The van der Waals surface area contributed by atoms with Gasteiger partial charge < -0.3 is 5.32 Å². The smallest absolute Gasteiger partial charge is 0.0233 e. The van der Waals surface area contributed by atoms with E-state index >= 15 is 0 Å². The number of likely N-dealkylation sites (tertiary alicyclic amines) is 1. The number of halogens is 1. The molecule has 0 unspecified atom stereocenters. The number of benzene rings is 1. The molecule has 0 bridgehead atoms.